The highest BCUT2D eigenvalue weighted by Crippen LogP contribution is 2.52. The van der Waals surface area contributed by atoms with Crippen molar-refractivity contribution in [2.45, 2.75) is 52.1 Å². The van der Waals surface area contributed by atoms with Crippen LogP contribution in [0.15, 0.2) is 83.3 Å². The quantitative estimate of drug-likeness (QED) is 0.139. The minimum atomic E-state index is -0.994. The number of nitrogens with zero attached hydrogens (tertiary/aromatic N) is 1. The van der Waals surface area contributed by atoms with Gasteiger partial charge in [0.15, 0.2) is 0 Å². The predicted molar refractivity (Wildman–Crippen MR) is 166 cm³/mol. The molecule has 6 nitrogen and oxygen atoms in total. The van der Waals surface area contributed by atoms with Gasteiger partial charge in [-0.2, -0.15) is 0 Å². The Kier molecular flexibility index (Phi) is 8.21. The molecule has 8 heteroatoms. The van der Waals surface area contributed by atoms with Crippen LogP contribution >= 0.6 is 11.3 Å². The fourth-order valence-corrected chi connectivity index (χ4v) is 7.73. The third kappa shape index (κ3) is 5.63. The van der Waals surface area contributed by atoms with E-state index in [1.54, 1.807) is 23.5 Å². The fourth-order valence-electron chi connectivity index (χ4n) is 7.04. The van der Waals surface area contributed by atoms with Crippen LogP contribution in [-0.4, -0.2) is 40.1 Å². The number of carbonyl (C=O) groups excluding carboxylic acids is 2. The van der Waals surface area contributed by atoms with Gasteiger partial charge in [0, 0.05) is 4.88 Å². The number of hydrogen-bond acceptors (Lipinski definition) is 6. The number of thiophene rings is 1. The van der Waals surface area contributed by atoms with Gasteiger partial charge in [-0.05, 0) is 83.3 Å². The molecule has 2 fully saturated rings. The minimum absolute atomic E-state index is 0.0867. The first-order chi connectivity index (χ1) is 20.3. The Morgan fingerprint density at radius 1 is 1.05 bits per heavy atom. The summed E-state index contributed by atoms with van der Waals surface area (Å²) >= 11 is 1.55. The van der Waals surface area contributed by atoms with E-state index in [1.165, 1.54) is 10.5 Å². The van der Waals surface area contributed by atoms with Crippen LogP contribution in [0.1, 0.15) is 49.1 Å². The molecule has 6 rings (SSSR count). The maximum Gasteiger partial charge on any atom is 0.455 e. The topological polar surface area (TPSA) is 87.1 Å². The van der Waals surface area contributed by atoms with Crippen LogP contribution in [0, 0.1) is 23.7 Å². The lowest BCUT2D eigenvalue weighted by molar-refractivity contribution is -0.140. The molecular formula is C34H36BNO5S. The van der Waals surface area contributed by atoms with Crippen molar-refractivity contribution in [2.75, 3.05) is 0 Å². The molecule has 2 aliphatic heterocycles. The lowest BCUT2D eigenvalue weighted by Crippen LogP contribution is -2.46. The Bertz CT molecular complexity index is 1500. The van der Waals surface area contributed by atoms with E-state index in [0.717, 1.165) is 27.2 Å². The predicted octanol–water partition coefficient (Wildman–Crippen LogP) is 6.43. The molecule has 3 heterocycles. The Morgan fingerprint density at radius 2 is 1.81 bits per heavy atom. The average molecular weight is 582 g/mol. The molecule has 3 aliphatic rings. The summed E-state index contributed by atoms with van der Waals surface area (Å²) in [6.45, 7) is 4.60. The van der Waals surface area contributed by atoms with E-state index in [9.17, 15) is 19.7 Å². The van der Waals surface area contributed by atoms with Crippen molar-refractivity contribution in [3.8, 4) is 5.75 Å². The van der Waals surface area contributed by atoms with Crippen LogP contribution in [-0.2, 0) is 20.8 Å². The molecule has 0 saturated carbocycles. The highest BCUT2D eigenvalue weighted by Gasteiger charge is 2.57. The molecule has 0 bridgehead atoms. The summed E-state index contributed by atoms with van der Waals surface area (Å²) in [5.41, 5.74) is 5.52. The van der Waals surface area contributed by atoms with Gasteiger partial charge in [-0.15, -0.1) is 11.3 Å². The van der Waals surface area contributed by atoms with Gasteiger partial charge in [-0.3, -0.25) is 14.5 Å². The number of carbonyl (C=O) groups is 2. The van der Waals surface area contributed by atoms with Crippen molar-refractivity contribution in [1.82, 2.24) is 4.90 Å². The number of imide groups is 1. The van der Waals surface area contributed by atoms with Crippen LogP contribution in [0.2, 0.25) is 6.32 Å². The minimum Gasteiger partial charge on any atom is -0.508 e. The largest absolute Gasteiger partial charge is 0.508 e. The summed E-state index contributed by atoms with van der Waals surface area (Å²) in [6.07, 6.45) is 3.99. The lowest BCUT2D eigenvalue weighted by atomic mass is 9.57. The van der Waals surface area contributed by atoms with Gasteiger partial charge in [-0.25, -0.2) is 0 Å². The number of hydrogen-bond donors (Lipinski definition) is 2. The van der Waals surface area contributed by atoms with Crippen LogP contribution in [0.25, 0.3) is 11.6 Å². The first-order valence-corrected chi connectivity index (χ1v) is 15.7. The third-order valence-corrected chi connectivity index (χ3v) is 9.84. The lowest BCUT2D eigenvalue weighted by Gasteiger charge is -2.44. The number of amides is 2. The summed E-state index contributed by atoms with van der Waals surface area (Å²) in [7, 11) is -0.994. The van der Waals surface area contributed by atoms with Gasteiger partial charge in [-0.1, -0.05) is 74.0 Å². The second-order valence-electron chi connectivity index (χ2n) is 11.9. The summed E-state index contributed by atoms with van der Waals surface area (Å²) in [5, 5.41) is 22.7. The Labute approximate surface area is 251 Å². The highest BCUT2D eigenvalue weighted by atomic mass is 32.1. The van der Waals surface area contributed by atoms with E-state index in [2.05, 4.69) is 32.1 Å². The molecule has 42 heavy (non-hydrogen) atoms. The summed E-state index contributed by atoms with van der Waals surface area (Å²) in [4.78, 5) is 29.9. The third-order valence-electron chi connectivity index (χ3n) is 8.98. The zero-order chi connectivity index (χ0) is 29.4. The Hall–Kier alpha value is -3.46. The van der Waals surface area contributed by atoms with Crippen LogP contribution in [0.4, 0.5) is 0 Å². The highest BCUT2D eigenvalue weighted by molar-refractivity contribution is 7.09. The van der Waals surface area contributed by atoms with Crippen molar-refractivity contribution in [1.29, 1.82) is 0 Å². The molecule has 0 radical (unpaired) electrons. The zero-order valence-corrected chi connectivity index (χ0v) is 24.8. The van der Waals surface area contributed by atoms with Gasteiger partial charge in [0.2, 0.25) is 11.8 Å². The fraction of sp³-hybridized carbons (Fsp3) is 0.353. The van der Waals surface area contributed by atoms with E-state index in [0.29, 0.717) is 32.1 Å². The molecule has 2 N–H and O–H groups in total. The van der Waals surface area contributed by atoms with Gasteiger partial charge in [0.1, 0.15) is 5.75 Å². The number of phenolic OH excluding ortho intramolecular Hbond substituents is 1. The van der Waals surface area contributed by atoms with Crippen LogP contribution in [0.3, 0.4) is 0 Å². The molecule has 2 amide bonds. The molecule has 2 saturated heterocycles. The van der Waals surface area contributed by atoms with Crippen molar-refractivity contribution >= 4 is 41.9 Å². The first-order valence-electron chi connectivity index (χ1n) is 14.8. The Morgan fingerprint density at radius 3 is 2.50 bits per heavy atom. The van der Waals surface area contributed by atoms with Crippen molar-refractivity contribution in [2.24, 2.45) is 23.7 Å². The van der Waals surface area contributed by atoms with Crippen molar-refractivity contribution < 1.29 is 24.4 Å². The Balaban J connectivity index is 1.31. The molecule has 3 aromatic rings. The zero-order valence-electron chi connectivity index (χ0n) is 24.0. The van der Waals surface area contributed by atoms with Gasteiger partial charge in [0.25, 0.3) is 0 Å². The maximum atomic E-state index is 13.8. The van der Waals surface area contributed by atoms with E-state index >= 15 is 0 Å². The second kappa shape index (κ2) is 12.0. The van der Waals surface area contributed by atoms with E-state index in [1.807, 2.05) is 47.8 Å². The van der Waals surface area contributed by atoms with E-state index in [-0.39, 0.29) is 41.4 Å². The first kappa shape index (κ1) is 28.7. The number of rotatable bonds is 8. The molecule has 1 aromatic heterocycles. The number of benzene rings is 2. The smallest absolute Gasteiger partial charge is 0.455 e. The number of likely N-dealkylation sites (tertiary alicyclic amines) is 1. The van der Waals surface area contributed by atoms with Crippen molar-refractivity contribution in [3.05, 3.63) is 99.3 Å². The summed E-state index contributed by atoms with van der Waals surface area (Å²) in [5.74, 6) is -0.853. The average Bonchev–Trinajstić information content (AvgIpc) is 3.58. The molecular weight excluding hydrogens is 545 g/mol. The second-order valence-corrected chi connectivity index (χ2v) is 12.9. The van der Waals surface area contributed by atoms with Crippen molar-refractivity contribution in [3.63, 3.8) is 0 Å². The molecule has 2 aromatic carbocycles. The van der Waals surface area contributed by atoms with Gasteiger partial charge < -0.3 is 14.8 Å². The normalized spacial score (nSPS) is 24.4. The monoisotopic (exact) mass is 581 g/mol. The van der Waals surface area contributed by atoms with Gasteiger partial charge in [0.05, 0.1) is 24.5 Å². The van der Waals surface area contributed by atoms with Gasteiger partial charge >= 0.3 is 7.12 Å². The number of fused-ring (bicyclic) bond motifs is 3. The van der Waals surface area contributed by atoms with Crippen LogP contribution < -0.4 is 0 Å². The summed E-state index contributed by atoms with van der Waals surface area (Å²) in [6, 6.07) is 21.2. The number of aromatic hydroxyl groups is 1. The summed E-state index contributed by atoms with van der Waals surface area (Å²) < 4.78 is 6.24. The molecule has 1 aliphatic carbocycles. The van der Waals surface area contributed by atoms with Crippen LogP contribution in [0.5, 0.6) is 5.75 Å². The SMILES string of the molecule is CC(C)C1=C2[C@@H](CC/C(=C/c3ccc(O)cc3)c3ccccc3)OB(O)C[C@@H]2[C@@H]2C(=O)N(Cc3cccs3)C(=O)[C@@H]2C1. The maximum absolute atomic E-state index is 13.8. The number of phenols is 1. The molecule has 4 atom stereocenters. The molecule has 216 valence electrons. The van der Waals surface area contributed by atoms with E-state index < -0.39 is 13.0 Å². The molecule has 0 spiro atoms. The van der Waals surface area contributed by atoms with E-state index in [4.69, 9.17) is 4.65 Å². The molecule has 0 unspecified atom stereocenters. The number of allylic oxidation sites excluding steroid dienone is 2. The standard InChI is InChI=1S/C34H36BNO5S/c1-21(2)27-18-28-32(34(39)36(33(28)38)20-26-9-6-16-42-26)29-19-35(40)41-30(31(27)29)15-12-24(23-7-4-3-5-8-23)17-22-10-13-25(37)14-11-22/h3-11,13-14,16-17,21,28-30,32,37,40H,12,15,18-20H2,1-2H3/b24-17-/t28-,29+,30-,32-/m1/s1.